The molecule has 0 radical (unpaired) electrons. The van der Waals surface area contributed by atoms with Crippen molar-refractivity contribution in [2.75, 3.05) is 10.6 Å². The van der Waals surface area contributed by atoms with E-state index < -0.39 is 12.1 Å². The van der Waals surface area contributed by atoms with Crippen LogP contribution in [0.1, 0.15) is 25.0 Å². The van der Waals surface area contributed by atoms with Crippen LogP contribution in [-0.4, -0.2) is 28.2 Å². The maximum Gasteiger partial charge on any atom is 0.319 e. The number of anilines is 2. The molecule has 1 atom stereocenters. The molecule has 1 aromatic heterocycles. The monoisotopic (exact) mass is 423 g/mol. The number of rotatable bonds is 6. The number of carbonyl (C=O) groups excluding carboxylic acids is 2. The first kappa shape index (κ1) is 21.4. The minimum absolute atomic E-state index is 0.115. The molecule has 0 saturated heterocycles. The van der Waals surface area contributed by atoms with Crippen molar-refractivity contribution in [1.29, 1.82) is 0 Å². The first-order chi connectivity index (χ1) is 14.3. The number of nitrogens with zero attached hydrogens (tertiary/aromatic N) is 2. The smallest absolute Gasteiger partial charge is 0.319 e. The van der Waals surface area contributed by atoms with Crippen LogP contribution in [0.25, 0.3) is 10.6 Å². The largest absolute Gasteiger partial charge is 0.326 e. The topological polar surface area (TPSA) is 96.0 Å². The molecule has 3 aromatic rings. The number of hydrogen-bond donors (Lipinski definition) is 3. The molecular weight excluding hydrogens is 398 g/mol. The van der Waals surface area contributed by atoms with Crippen LogP contribution in [0.2, 0.25) is 0 Å². The summed E-state index contributed by atoms with van der Waals surface area (Å²) in [7, 11) is 0. The van der Waals surface area contributed by atoms with Crippen LogP contribution < -0.4 is 16.0 Å². The molecule has 0 spiro atoms. The molecule has 156 valence electrons. The summed E-state index contributed by atoms with van der Waals surface area (Å²) in [5.74, 6) is -0.451. The van der Waals surface area contributed by atoms with E-state index in [0.717, 1.165) is 16.7 Å². The minimum Gasteiger partial charge on any atom is -0.326 e. The summed E-state index contributed by atoms with van der Waals surface area (Å²) >= 11 is 1.29. The van der Waals surface area contributed by atoms with Gasteiger partial charge in [-0.1, -0.05) is 67.6 Å². The van der Waals surface area contributed by atoms with Crippen LogP contribution in [0.5, 0.6) is 0 Å². The van der Waals surface area contributed by atoms with E-state index >= 15 is 0 Å². The number of hydrogen-bond acceptors (Lipinski definition) is 5. The average molecular weight is 424 g/mol. The number of benzene rings is 2. The van der Waals surface area contributed by atoms with Gasteiger partial charge in [0.2, 0.25) is 11.0 Å². The second-order valence-electron chi connectivity index (χ2n) is 7.34. The highest BCUT2D eigenvalue weighted by atomic mass is 32.1. The molecule has 0 aliphatic heterocycles. The Morgan fingerprint density at radius 3 is 2.37 bits per heavy atom. The number of urea groups is 1. The van der Waals surface area contributed by atoms with Gasteiger partial charge in [0.25, 0.3) is 0 Å². The second-order valence-corrected chi connectivity index (χ2v) is 8.31. The summed E-state index contributed by atoms with van der Waals surface area (Å²) in [4.78, 5) is 25.3. The summed E-state index contributed by atoms with van der Waals surface area (Å²) in [5.41, 5.74) is 3.71. The van der Waals surface area contributed by atoms with Crippen molar-refractivity contribution in [2.24, 2.45) is 5.92 Å². The Balaban J connectivity index is 1.66. The molecule has 7 nitrogen and oxygen atoms in total. The van der Waals surface area contributed by atoms with E-state index in [2.05, 4.69) is 26.1 Å². The van der Waals surface area contributed by atoms with Crippen LogP contribution in [0.3, 0.4) is 0 Å². The first-order valence-corrected chi connectivity index (χ1v) is 10.5. The van der Waals surface area contributed by atoms with Gasteiger partial charge in [-0.2, -0.15) is 0 Å². The minimum atomic E-state index is -0.723. The van der Waals surface area contributed by atoms with Crippen LogP contribution >= 0.6 is 11.3 Å². The summed E-state index contributed by atoms with van der Waals surface area (Å²) in [5, 5.41) is 17.6. The molecule has 0 fully saturated rings. The third-order valence-corrected chi connectivity index (χ3v) is 5.65. The molecule has 0 aliphatic rings. The van der Waals surface area contributed by atoms with Crippen LogP contribution in [-0.2, 0) is 4.79 Å². The zero-order valence-corrected chi connectivity index (χ0v) is 18.2. The molecule has 3 rings (SSSR count). The highest BCUT2D eigenvalue weighted by Crippen LogP contribution is 2.26. The van der Waals surface area contributed by atoms with E-state index in [1.807, 2.05) is 76.2 Å². The normalized spacial score (nSPS) is 11.8. The number of amides is 3. The van der Waals surface area contributed by atoms with E-state index in [9.17, 15) is 9.59 Å². The molecule has 2 aromatic carbocycles. The van der Waals surface area contributed by atoms with Crippen molar-refractivity contribution in [1.82, 2.24) is 15.5 Å². The quantitative estimate of drug-likeness (QED) is 0.540. The predicted octanol–water partition coefficient (Wildman–Crippen LogP) is 4.61. The zero-order chi connectivity index (χ0) is 21.7. The van der Waals surface area contributed by atoms with E-state index in [-0.39, 0.29) is 11.8 Å². The number of carbonyl (C=O) groups is 2. The van der Waals surface area contributed by atoms with Gasteiger partial charge in [-0.15, -0.1) is 10.2 Å². The van der Waals surface area contributed by atoms with Crippen LogP contribution in [0, 0.1) is 19.8 Å². The molecular formula is C22H25N5O2S. The molecule has 30 heavy (non-hydrogen) atoms. The lowest BCUT2D eigenvalue weighted by Gasteiger charge is -2.21. The van der Waals surface area contributed by atoms with Gasteiger partial charge in [-0.3, -0.25) is 10.1 Å². The number of aromatic nitrogens is 2. The third-order valence-electron chi connectivity index (χ3n) is 4.76. The van der Waals surface area contributed by atoms with Gasteiger partial charge in [0, 0.05) is 11.3 Å². The molecule has 0 bridgehead atoms. The van der Waals surface area contributed by atoms with Gasteiger partial charge in [0.1, 0.15) is 11.0 Å². The SMILES string of the molecule is Cc1cccc(NC(=O)NC(C(=O)Nc2nnc(-c3ccccc3)s2)C(C)C)c1C. The van der Waals surface area contributed by atoms with Crippen LogP contribution in [0.15, 0.2) is 48.5 Å². The van der Waals surface area contributed by atoms with Gasteiger partial charge >= 0.3 is 6.03 Å². The van der Waals surface area contributed by atoms with E-state index in [4.69, 9.17) is 0 Å². The maximum absolute atomic E-state index is 12.8. The lowest BCUT2D eigenvalue weighted by Crippen LogP contribution is -2.48. The number of nitrogens with one attached hydrogen (secondary N) is 3. The zero-order valence-electron chi connectivity index (χ0n) is 17.4. The van der Waals surface area contributed by atoms with Gasteiger partial charge < -0.3 is 10.6 Å². The Morgan fingerprint density at radius 2 is 1.67 bits per heavy atom. The second kappa shape index (κ2) is 9.49. The Hall–Kier alpha value is -3.26. The fourth-order valence-corrected chi connectivity index (χ4v) is 3.63. The fourth-order valence-electron chi connectivity index (χ4n) is 2.88. The van der Waals surface area contributed by atoms with Crippen LogP contribution in [0.4, 0.5) is 15.6 Å². The average Bonchev–Trinajstić information content (AvgIpc) is 3.18. The Bertz CT molecular complexity index is 1030. The van der Waals surface area contributed by atoms with E-state index in [1.165, 1.54) is 11.3 Å². The molecule has 0 aliphatic carbocycles. The molecule has 1 heterocycles. The molecule has 3 amide bonds. The molecule has 8 heteroatoms. The van der Waals surface area contributed by atoms with Gasteiger partial charge in [0.05, 0.1) is 0 Å². The van der Waals surface area contributed by atoms with Crippen molar-refractivity contribution in [3.05, 3.63) is 59.7 Å². The lowest BCUT2D eigenvalue weighted by atomic mass is 10.0. The number of aryl methyl sites for hydroxylation is 1. The van der Waals surface area contributed by atoms with Crippen molar-refractivity contribution >= 4 is 34.1 Å². The predicted molar refractivity (Wildman–Crippen MR) is 121 cm³/mol. The van der Waals surface area contributed by atoms with E-state index in [1.54, 1.807) is 0 Å². The van der Waals surface area contributed by atoms with Gasteiger partial charge in [0.15, 0.2) is 0 Å². The maximum atomic E-state index is 12.8. The fraction of sp³-hybridized carbons (Fsp3) is 0.273. The highest BCUT2D eigenvalue weighted by Gasteiger charge is 2.25. The van der Waals surface area contributed by atoms with Gasteiger partial charge in [-0.05, 0) is 37.0 Å². The van der Waals surface area contributed by atoms with Crippen molar-refractivity contribution in [3.8, 4) is 10.6 Å². The Kier molecular flexibility index (Phi) is 6.79. The third kappa shape index (κ3) is 5.21. The van der Waals surface area contributed by atoms with E-state index in [0.29, 0.717) is 15.8 Å². The first-order valence-electron chi connectivity index (χ1n) is 9.68. The summed E-state index contributed by atoms with van der Waals surface area (Å²) in [6.45, 7) is 7.67. The molecule has 1 unspecified atom stereocenters. The summed E-state index contributed by atoms with van der Waals surface area (Å²) < 4.78 is 0. The lowest BCUT2D eigenvalue weighted by molar-refractivity contribution is -0.118. The van der Waals surface area contributed by atoms with Crippen molar-refractivity contribution < 1.29 is 9.59 Å². The standard InChI is InChI=1S/C22H25N5O2S/c1-13(2)18(24-21(29)23-17-12-8-9-14(3)15(17)4)19(28)25-22-27-26-20(30-22)16-10-6-5-7-11-16/h5-13,18H,1-4H3,(H2,23,24,29)(H,25,27,28). The van der Waals surface area contributed by atoms with Crippen molar-refractivity contribution in [2.45, 2.75) is 33.7 Å². The molecule has 0 saturated carbocycles. The Morgan fingerprint density at radius 1 is 0.933 bits per heavy atom. The summed E-state index contributed by atoms with van der Waals surface area (Å²) in [6, 6.07) is 14.2. The van der Waals surface area contributed by atoms with Crippen molar-refractivity contribution in [3.63, 3.8) is 0 Å². The summed E-state index contributed by atoms with van der Waals surface area (Å²) in [6.07, 6.45) is 0. The molecule has 3 N–H and O–H groups in total. The highest BCUT2D eigenvalue weighted by molar-refractivity contribution is 7.18. The Labute approximate surface area is 179 Å². The van der Waals surface area contributed by atoms with Gasteiger partial charge in [-0.25, -0.2) is 4.79 Å².